The number of carbonyl (C=O) groups is 1. The number of anilines is 1. The van der Waals surface area contributed by atoms with Gasteiger partial charge in [-0.1, -0.05) is 0 Å². The number of nitrogens with zero attached hydrogens (tertiary/aromatic N) is 3. The summed E-state index contributed by atoms with van der Waals surface area (Å²) in [7, 11) is 0. The number of halogens is 2. The number of nitrogens with one attached hydrogen (secondary N) is 2. The summed E-state index contributed by atoms with van der Waals surface area (Å²) in [5, 5.41) is 6.71. The molecule has 3 heterocycles. The molecule has 6 nitrogen and oxygen atoms in total. The van der Waals surface area contributed by atoms with Gasteiger partial charge in [0.15, 0.2) is 0 Å². The molecule has 0 radical (unpaired) electrons. The molecule has 0 aromatic carbocycles. The predicted molar refractivity (Wildman–Crippen MR) is 95.7 cm³/mol. The monoisotopic (exact) mass is 361 g/mol. The van der Waals surface area contributed by atoms with E-state index in [1.807, 2.05) is 4.90 Å². The Morgan fingerprint density at radius 3 is 2.70 bits per heavy atom. The van der Waals surface area contributed by atoms with Crippen molar-refractivity contribution in [3.63, 3.8) is 0 Å². The van der Waals surface area contributed by atoms with Gasteiger partial charge in [0.05, 0.1) is 5.69 Å². The van der Waals surface area contributed by atoms with Crippen LogP contribution >= 0.6 is 24.8 Å². The summed E-state index contributed by atoms with van der Waals surface area (Å²) in [6, 6.07) is 0. The van der Waals surface area contributed by atoms with Crippen molar-refractivity contribution in [2.75, 3.05) is 38.0 Å². The molecule has 8 heteroatoms. The fourth-order valence-corrected chi connectivity index (χ4v) is 3.04. The number of likely N-dealkylation sites (tertiary alicyclic amines) is 1. The minimum atomic E-state index is 0. The van der Waals surface area contributed by atoms with Crippen molar-refractivity contribution in [3.05, 3.63) is 17.6 Å². The van der Waals surface area contributed by atoms with Gasteiger partial charge in [0.2, 0.25) is 5.91 Å². The molecule has 1 aromatic heterocycles. The van der Waals surface area contributed by atoms with E-state index in [0.29, 0.717) is 13.0 Å². The number of amides is 1. The third-order valence-electron chi connectivity index (χ3n) is 4.22. The first-order valence-electron chi connectivity index (χ1n) is 7.90. The van der Waals surface area contributed by atoms with Crippen LogP contribution < -0.4 is 10.6 Å². The van der Waals surface area contributed by atoms with Gasteiger partial charge in [-0.2, -0.15) is 0 Å². The highest BCUT2D eigenvalue weighted by molar-refractivity contribution is 5.85. The Bertz CT molecular complexity index is 509. The van der Waals surface area contributed by atoms with E-state index in [0.717, 1.165) is 63.4 Å². The summed E-state index contributed by atoms with van der Waals surface area (Å²) < 4.78 is 0. The molecule has 130 valence electrons. The van der Waals surface area contributed by atoms with Crippen LogP contribution in [0, 0.1) is 0 Å². The van der Waals surface area contributed by atoms with Crippen LogP contribution in [-0.4, -0.2) is 53.5 Å². The number of carbonyl (C=O) groups excluding carboxylic acids is 1. The van der Waals surface area contributed by atoms with E-state index in [-0.39, 0.29) is 30.7 Å². The van der Waals surface area contributed by atoms with Crippen molar-refractivity contribution >= 4 is 36.5 Å². The first-order chi connectivity index (χ1) is 10.3. The number of hydrogen-bond donors (Lipinski definition) is 2. The lowest BCUT2D eigenvalue weighted by Crippen LogP contribution is -2.29. The molecule has 1 amide bonds. The maximum atomic E-state index is 12.0. The summed E-state index contributed by atoms with van der Waals surface area (Å²) in [5.74, 6) is 1.15. The van der Waals surface area contributed by atoms with E-state index >= 15 is 0 Å². The minimum Gasteiger partial charge on any atom is -0.369 e. The van der Waals surface area contributed by atoms with Crippen molar-refractivity contribution in [1.29, 1.82) is 0 Å². The molecule has 0 atom stereocenters. The molecule has 23 heavy (non-hydrogen) atoms. The van der Waals surface area contributed by atoms with Crippen molar-refractivity contribution in [3.8, 4) is 0 Å². The summed E-state index contributed by atoms with van der Waals surface area (Å²) in [6.07, 6.45) is 6.33. The van der Waals surface area contributed by atoms with E-state index < -0.39 is 0 Å². The van der Waals surface area contributed by atoms with Gasteiger partial charge in [0.1, 0.15) is 12.1 Å². The molecule has 1 fully saturated rings. The van der Waals surface area contributed by atoms with E-state index in [1.165, 1.54) is 5.56 Å². The van der Waals surface area contributed by atoms with Gasteiger partial charge < -0.3 is 15.5 Å². The van der Waals surface area contributed by atoms with E-state index in [2.05, 4.69) is 20.6 Å². The quantitative estimate of drug-likeness (QED) is 0.848. The Kier molecular flexibility index (Phi) is 8.58. The summed E-state index contributed by atoms with van der Waals surface area (Å²) in [4.78, 5) is 22.7. The van der Waals surface area contributed by atoms with Gasteiger partial charge in [-0.25, -0.2) is 9.97 Å². The maximum Gasteiger partial charge on any atom is 0.224 e. The lowest BCUT2D eigenvalue weighted by molar-refractivity contribution is -0.129. The minimum absolute atomic E-state index is 0. The normalized spacial score (nSPS) is 16.6. The van der Waals surface area contributed by atoms with Crippen LogP contribution in [0.25, 0.3) is 0 Å². The van der Waals surface area contributed by atoms with Crippen molar-refractivity contribution in [2.45, 2.75) is 32.1 Å². The second-order valence-corrected chi connectivity index (χ2v) is 5.66. The van der Waals surface area contributed by atoms with Gasteiger partial charge in [0.25, 0.3) is 0 Å². The highest BCUT2D eigenvalue weighted by Gasteiger charge is 2.18. The molecule has 0 bridgehead atoms. The summed E-state index contributed by atoms with van der Waals surface area (Å²) in [6.45, 7) is 4.42. The molecular weight excluding hydrogens is 337 g/mol. The lowest BCUT2D eigenvalue weighted by Gasteiger charge is -2.16. The summed E-state index contributed by atoms with van der Waals surface area (Å²) >= 11 is 0. The molecule has 2 aliphatic rings. The first kappa shape index (κ1) is 19.9. The highest BCUT2D eigenvalue weighted by Crippen LogP contribution is 2.18. The van der Waals surface area contributed by atoms with Crippen LogP contribution in [-0.2, 0) is 17.6 Å². The van der Waals surface area contributed by atoms with Crippen LogP contribution in [0.4, 0.5) is 5.82 Å². The number of hydrogen-bond acceptors (Lipinski definition) is 5. The van der Waals surface area contributed by atoms with Crippen LogP contribution in [0.15, 0.2) is 6.33 Å². The molecule has 3 rings (SSSR count). The third kappa shape index (κ3) is 5.19. The fraction of sp³-hybridized carbons (Fsp3) is 0.667. The van der Waals surface area contributed by atoms with Crippen molar-refractivity contribution in [1.82, 2.24) is 20.2 Å². The Balaban J connectivity index is 0.00000132. The smallest absolute Gasteiger partial charge is 0.224 e. The Hall–Kier alpha value is -1.11. The molecule has 2 N–H and O–H groups in total. The Labute approximate surface area is 149 Å². The summed E-state index contributed by atoms with van der Waals surface area (Å²) in [5.41, 5.74) is 2.33. The van der Waals surface area contributed by atoms with Gasteiger partial charge in [-0.05, 0) is 25.8 Å². The predicted octanol–water partition coefficient (Wildman–Crippen LogP) is 1.43. The Morgan fingerprint density at radius 1 is 1.17 bits per heavy atom. The van der Waals surface area contributed by atoms with Gasteiger partial charge in [-0.15, -0.1) is 24.8 Å². The van der Waals surface area contributed by atoms with Gasteiger partial charge >= 0.3 is 0 Å². The number of rotatable bonds is 4. The number of aromatic nitrogens is 2. The van der Waals surface area contributed by atoms with Crippen LogP contribution in [0.2, 0.25) is 0 Å². The topological polar surface area (TPSA) is 70.1 Å². The van der Waals surface area contributed by atoms with Crippen molar-refractivity contribution < 1.29 is 4.79 Å². The zero-order valence-electron chi connectivity index (χ0n) is 13.2. The molecule has 0 saturated carbocycles. The van der Waals surface area contributed by atoms with E-state index in [9.17, 15) is 4.79 Å². The standard InChI is InChI=1S/C15H23N5O.2ClH/c21-14(20-9-1-2-10-20)5-8-17-15-12-3-6-16-7-4-13(12)18-11-19-15;;/h11,16H,1-10H2,(H,17,18,19);2*1H. The van der Waals surface area contributed by atoms with Crippen molar-refractivity contribution in [2.24, 2.45) is 0 Å². The van der Waals surface area contributed by atoms with E-state index in [1.54, 1.807) is 6.33 Å². The molecule has 0 aliphatic carbocycles. The molecule has 1 saturated heterocycles. The Morgan fingerprint density at radius 2 is 1.91 bits per heavy atom. The second-order valence-electron chi connectivity index (χ2n) is 5.66. The zero-order chi connectivity index (χ0) is 14.5. The second kappa shape index (κ2) is 9.90. The maximum absolute atomic E-state index is 12.0. The largest absolute Gasteiger partial charge is 0.369 e. The molecule has 2 aliphatic heterocycles. The lowest BCUT2D eigenvalue weighted by atomic mass is 10.1. The van der Waals surface area contributed by atoms with Gasteiger partial charge in [-0.3, -0.25) is 4.79 Å². The highest BCUT2D eigenvalue weighted by atomic mass is 35.5. The first-order valence-corrected chi connectivity index (χ1v) is 7.90. The van der Waals surface area contributed by atoms with Crippen LogP contribution in [0.5, 0.6) is 0 Å². The third-order valence-corrected chi connectivity index (χ3v) is 4.22. The van der Waals surface area contributed by atoms with Crippen LogP contribution in [0.1, 0.15) is 30.5 Å². The average Bonchev–Trinajstić information content (AvgIpc) is 2.93. The van der Waals surface area contributed by atoms with Crippen LogP contribution in [0.3, 0.4) is 0 Å². The fourth-order valence-electron chi connectivity index (χ4n) is 3.04. The molecule has 0 spiro atoms. The SMILES string of the molecule is Cl.Cl.O=C(CCNc1ncnc2c1CCNCC2)N1CCCC1. The molecular formula is C15H25Cl2N5O. The van der Waals surface area contributed by atoms with Gasteiger partial charge in [0, 0.05) is 44.6 Å². The molecule has 0 unspecified atom stereocenters. The zero-order valence-corrected chi connectivity index (χ0v) is 14.8. The van der Waals surface area contributed by atoms with E-state index in [4.69, 9.17) is 0 Å². The molecule has 1 aromatic rings. The average molecular weight is 362 g/mol. The number of fused-ring (bicyclic) bond motifs is 1.